The van der Waals surface area contributed by atoms with E-state index >= 15 is 0 Å². The summed E-state index contributed by atoms with van der Waals surface area (Å²) >= 11 is 6.26. The lowest BCUT2D eigenvalue weighted by molar-refractivity contribution is -0.114. The number of alkyl halides is 1. The molecule has 0 heterocycles. The van der Waals surface area contributed by atoms with Gasteiger partial charge in [0.05, 0.1) is 12.2 Å². The highest BCUT2D eigenvalue weighted by Crippen LogP contribution is 2.42. The van der Waals surface area contributed by atoms with E-state index in [9.17, 15) is 4.57 Å². The van der Waals surface area contributed by atoms with Crippen LogP contribution in [0.4, 0.5) is 0 Å². The number of hydrogen-bond donors (Lipinski definition) is 0. The molecule has 0 aromatic heterocycles. The second kappa shape index (κ2) is 7.05. The molecule has 5 heteroatoms. The Bertz CT molecular complexity index is 333. The van der Waals surface area contributed by atoms with E-state index in [-0.39, 0.29) is 27.7 Å². The Morgan fingerprint density at radius 3 is 1.85 bits per heavy atom. The highest BCUT2D eigenvalue weighted by Gasteiger charge is 2.43. The van der Waals surface area contributed by atoms with Crippen molar-refractivity contribution in [1.82, 2.24) is 0 Å². The van der Waals surface area contributed by atoms with Crippen molar-refractivity contribution in [1.29, 1.82) is 0 Å². The summed E-state index contributed by atoms with van der Waals surface area (Å²) in [5.74, 6) is 0. The van der Waals surface area contributed by atoms with Crippen molar-refractivity contribution < 1.29 is 13.8 Å². The van der Waals surface area contributed by atoms with Crippen molar-refractivity contribution in [2.75, 3.05) is 6.61 Å². The molecule has 0 aromatic carbocycles. The zero-order valence-corrected chi connectivity index (χ0v) is 16.1. The predicted octanol–water partition coefficient (Wildman–Crippen LogP) is 5.38. The summed E-state index contributed by atoms with van der Waals surface area (Å²) in [4.78, 5) is 0. The van der Waals surface area contributed by atoms with Gasteiger partial charge in [-0.3, -0.25) is 0 Å². The zero-order valence-electron chi connectivity index (χ0n) is 14.4. The van der Waals surface area contributed by atoms with Crippen LogP contribution in [0.25, 0.3) is 0 Å². The van der Waals surface area contributed by atoms with Crippen molar-refractivity contribution in [2.45, 2.75) is 84.6 Å². The minimum atomic E-state index is -1.71. The quantitative estimate of drug-likeness (QED) is 0.465. The van der Waals surface area contributed by atoms with Gasteiger partial charge in [-0.25, -0.2) is 0 Å². The monoisotopic (exact) mass is 325 g/mol. The van der Waals surface area contributed by atoms with E-state index < -0.39 is 8.03 Å². The third-order valence-electron chi connectivity index (χ3n) is 4.05. The fourth-order valence-corrected chi connectivity index (χ4v) is 2.31. The molecule has 0 amide bonds. The first kappa shape index (κ1) is 20.3. The van der Waals surface area contributed by atoms with E-state index in [0.29, 0.717) is 6.61 Å². The van der Waals surface area contributed by atoms with Crippen molar-refractivity contribution in [3.63, 3.8) is 0 Å². The summed E-state index contributed by atoms with van der Waals surface area (Å²) in [6.07, 6.45) is -0.210. The molecule has 0 aliphatic heterocycles. The third kappa shape index (κ3) is 5.60. The maximum Gasteiger partial charge on any atom is 0.513 e. The SMILES string of the molecule is CC(COC(C)(C)C(C)(C)C(C)Cl)O[P+](=O)C(C)(C)C. The van der Waals surface area contributed by atoms with Gasteiger partial charge in [-0.2, -0.15) is 0 Å². The molecule has 0 rings (SSSR count). The Morgan fingerprint density at radius 1 is 1.05 bits per heavy atom. The van der Waals surface area contributed by atoms with Crippen LogP contribution in [0.3, 0.4) is 0 Å². The molecule has 20 heavy (non-hydrogen) atoms. The van der Waals surface area contributed by atoms with Crippen LogP contribution in [0.5, 0.6) is 0 Å². The summed E-state index contributed by atoms with van der Waals surface area (Å²) in [7, 11) is -1.71. The minimum Gasteiger partial charge on any atom is -0.372 e. The molecule has 3 atom stereocenters. The molecule has 0 saturated carbocycles. The summed E-state index contributed by atoms with van der Waals surface area (Å²) in [5, 5.41) is -0.358. The van der Waals surface area contributed by atoms with Gasteiger partial charge >= 0.3 is 8.03 Å². The van der Waals surface area contributed by atoms with Gasteiger partial charge in [-0.05, 0) is 53.0 Å². The molecule has 0 radical (unpaired) electrons. The molecule has 0 aliphatic rings. The van der Waals surface area contributed by atoms with Gasteiger partial charge in [0.15, 0.2) is 5.16 Å². The van der Waals surface area contributed by atoms with E-state index in [0.717, 1.165) is 0 Å². The first-order chi connectivity index (χ1) is 8.72. The van der Waals surface area contributed by atoms with E-state index in [1.807, 2.05) is 48.5 Å². The third-order valence-corrected chi connectivity index (χ3v) is 6.24. The van der Waals surface area contributed by atoms with Crippen LogP contribution >= 0.6 is 19.6 Å². The molecule has 0 aromatic rings. The predicted molar refractivity (Wildman–Crippen MR) is 87.0 cm³/mol. The Hall–Kier alpha value is 0.310. The van der Waals surface area contributed by atoms with Crippen LogP contribution in [-0.2, 0) is 13.8 Å². The van der Waals surface area contributed by atoms with Crippen LogP contribution in [-0.4, -0.2) is 28.8 Å². The Morgan fingerprint density at radius 2 is 1.50 bits per heavy atom. The van der Waals surface area contributed by atoms with Gasteiger partial charge in [0.25, 0.3) is 0 Å². The first-order valence-corrected chi connectivity index (χ1v) is 8.75. The Kier molecular flexibility index (Phi) is 7.16. The van der Waals surface area contributed by atoms with Gasteiger partial charge in [0.1, 0.15) is 6.10 Å². The van der Waals surface area contributed by atoms with Crippen LogP contribution in [0.15, 0.2) is 0 Å². The van der Waals surface area contributed by atoms with Crippen molar-refractivity contribution in [3.8, 4) is 0 Å². The summed E-state index contributed by atoms with van der Waals surface area (Å²) in [6.45, 7) is 18.2. The average Bonchev–Trinajstić information content (AvgIpc) is 2.24. The van der Waals surface area contributed by atoms with E-state index in [2.05, 4.69) is 13.8 Å². The lowest BCUT2D eigenvalue weighted by Gasteiger charge is -2.43. The summed E-state index contributed by atoms with van der Waals surface area (Å²) < 4.78 is 23.5. The van der Waals surface area contributed by atoms with Gasteiger partial charge in [0, 0.05) is 10.8 Å². The Labute approximate surface area is 130 Å². The minimum absolute atomic E-state index is 0.0140. The largest absolute Gasteiger partial charge is 0.513 e. The molecule has 3 nitrogen and oxygen atoms in total. The fourth-order valence-electron chi connectivity index (χ4n) is 1.34. The number of ether oxygens (including phenoxy) is 1. The summed E-state index contributed by atoms with van der Waals surface area (Å²) in [5.41, 5.74) is -0.570. The second-order valence-electron chi connectivity index (χ2n) is 7.50. The molecule has 3 unspecified atom stereocenters. The molecule has 0 saturated heterocycles. The fraction of sp³-hybridized carbons (Fsp3) is 1.00. The van der Waals surface area contributed by atoms with E-state index in [1.165, 1.54) is 0 Å². The molecule has 0 spiro atoms. The lowest BCUT2D eigenvalue weighted by Crippen LogP contribution is -2.47. The average molecular weight is 326 g/mol. The number of hydrogen-bond acceptors (Lipinski definition) is 3. The molecular formula is C15H31ClO3P+. The highest BCUT2D eigenvalue weighted by atomic mass is 35.5. The van der Waals surface area contributed by atoms with Crippen molar-refractivity contribution in [2.24, 2.45) is 5.41 Å². The maximum atomic E-state index is 12.0. The first-order valence-electron chi connectivity index (χ1n) is 7.14. The molecular weight excluding hydrogens is 295 g/mol. The number of halogens is 1. The number of rotatable bonds is 7. The van der Waals surface area contributed by atoms with Crippen molar-refractivity contribution in [3.05, 3.63) is 0 Å². The Balaban J connectivity index is 4.52. The molecule has 120 valence electrons. The molecule has 0 fully saturated rings. The highest BCUT2D eigenvalue weighted by molar-refractivity contribution is 7.41. The van der Waals surface area contributed by atoms with E-state index in [1.54, 1.807) is 0 Å². The summed E-state index contributed by atoms with van der Waals surface area (Å²) in [6, 6.07) is 0. The topological polar surface area (TPSA) is 35.5 Å². The van der Waals surface area contributed by atoms with Crippen LogP contribution in [0.1, 0.15) is 62.3 Å². The maximum absolute atomic E-state index is 12.0. The zero-order chi connectivity index (χ0) is 16.4. The smallest absolute Gasteiger partial charge is 0.372 e. The van der Waals surface area contributed by atoms with Gasteiger partial charge < -0.3 is 4.74 Å². The molecule has 0 aliphatic carbocycles. The van der Waals surface area contributed by atoms with Crippen LogP contribution in [0.2, 0.25) is 0 Å². The standard InChI is InChI=1S/C15H31ClO3P/c1-11(19-20(17)13(3,4)5)10-18-15(8,9)14(6,7)12(2)16/h11-12H,10H2,1-9H3/q+1. The van der Waals surface area contributed by atoms with Crippen molar-refractivity contribution >= 4 is 19.6 Å². The lowest BCUT2D eigenvalue weighted by atomic mass is 9.74. The van der Waals surface area contributed by atoms with Gasteiger partial charge in [0.2, 0.25) is 0 Å². The van der Waals surface area contributed by atoms with Gasteiger partial charge in [-0.15, -0.1) is 16.1 Å². The van der Waals surface area contributed by atoms with Gasteiger partial charge in [-0.1, -0.05) is 13.8 Å². The second-order valence-corrected chi connectivity index (χ2v) is 10.2. The molecule has 0 N–H and O–H groups in total. The normalized spacial score (nSPS) is 17.8. The molecule has 0 bridgehead atoms. The van der Waals surface area contributed by atoms with E-state index in [4.69, 9.17) is 20.9 Å². The van der Waals surface area contributed by atoms with Crippen LogP contribution < -0.4 is 0 Å². The van der Waals surface area contributed by atoms with Crippen LogP contribution in [0, 0.1) is 5.41 Å².